The zero-order chi connectivity index (χ0) is 14.5. The lowest BCUT2D eigenvalue weighted by molar-refractivity contribution is 0.393. The first-order valence-corrected chi connectivity index (χ1v) is 6.81. The maximum absolute atomic E-state index is 6.14. The van der Waals surface area contributed by atoms with Gasteiger partial charge in [0.1, 0.15) is 17.2 Å². The van der Waals surface area contributed by atoms with Gasteiger partial charge in [0.15, 0.2) is 0 Å². The van der Waals surface area contributed by atoms with Crippen LogP contribution in [0.15, 0.2) is 42.5 Å². The lowest BCUT2D eigenvalue weighted by Gasteiger charge is -2.19. The van der Waals surface area contributed by atoms with Gasteiger partial charge < -0.3 is 14.8 Å². The average molecular weight is 292 g/mol. The molecular formula is C16H18ClNO2. The molecule has 0 spiro atoms. The van der Waals surface area contributed by atoms with E-state index >= 15 is 0 Å². The van der Waals surface area contributed by atoms with Crippen LogP contribution in [0.5, 0.6) is 17.2 Å². The van der Waals surface area contributed by atoms with Crippen LogP contribution in [-0.2, 0) is 0 Å². The predicted molar refractivity (Wildman–Crippen MR) is 82.0 cm³/mol. The zero-order valence-electron chi connectivity index (χ0n) is 11.8. The number of halogens is 1. The lowest BCUT2D eigenvalue weighted by Crippen LogP contribution is -2.14. The number of nitrogens with one attached hydrogen (secondary N) is 1. The molecule has 2 aromatic rings. The van der Waals surface area contributed by atoms with Gasteiger partial charge in [-0.05, 0) is 38.2 Å². The Morgan fingerprint density at radius 1 is 1.00 bits per heavy atom. The van der Waals surface area contributed by atoms with Crippen LogP contribution in [0.25, 0.3) is 0 Å². The maximum atomic E-state index is 6.14. The molecule has 0 saturated carbocycles. The van der Waals surface area contributed by atoms with E-state index in [1.54, 1.807) is 13.2 Å². The van der Waals surface area contributed by atoms with Gasteiger partial charge in [0.2, 0.25) is 0 Å². The minimum Gasteiger partial charge on any atom is -0.496 e. The highest BCUT2D eigenvalue weighted by atomic mass is 35.5. The number of hydrogen-bond acceptors (Lipinski definition) is 3. The van der Waals surface area contributed by atoms with Crippen LogP contribution in [-0.4, -0.2) is 14.2 Å². The molecule has 0 heterocycles. The summed E-state index contributed by atoms with van der Waals surface area (Å²) in [6.45, 7) is 2.05. The largest absolute Gasteiger partial charge is 0.496 e. The van der Waals surface area contributed by atoms with Gasteiger partial charge in [-0.2, -0.15) is 0 Å². The van der Waals surface area contributed by atoms with Crippen molar-refractivity contribution in [3.63, 3.8) is 0 Å². The fourth-order valence-corrected chi connectivity index (χ4v) is 2.18. The molecule has 3 nitrogen and oxygen atoms in total. The van der Waals surface area contributed by atoms with Gasteiger partial charge in [0.05, 0.1) is 17.7 Å². The number of hydrogen-bond donors (Lipinski definition) is 1. The predicted octanol–water partition coefficient (Wildman–Crippen LogP) is 4.42. The molecule has 0 amide bonds. The van der Waals surface area contributed by atoms with Gasteiger partial charge in [-0.3, -0.25) is 0 Å². The van der Waals surface area contributed by atoms with E-state index in [1.165, 1.54) is 0 Å². The molecule has 0 fully saturated rings. The second-order valence-corrected chi connectivity index (χ2v) is 4.82. The van der Waals surface area contributed by atoms with Crippen LogP contribution in [0.3, 0.4) is 0 Å². The number of ether oxygens (including phenoxy) is 2. The minimum atomic E-state index is 0.101. The van der Waals surface area contributed by atoms with Crippen molar-refractivity contribution in [1.82, 2.24) is 5.32 Å². The first kappa shape index (κ1) is 14.7. The summed E-state index contributed by atoms with van der Waals surface area (Å²) in [6.07, 6.45) is 0. The molecule has 0 saturated heterocycles. The van der Waals surface area contributed by atoms with E-state index in [0.29, 0.717) is 10.8 Å². The smallest absolute Gasteiger partial charge is 0.146 e. The molecule has 2 aromatic carbocycles. The van der Waals surface area contributed by atoms with E-state index in [9.17, 15) is 0 Å². The molecule has 106 valence electrons. The highest BCUT2D eigenvalue weighted by Gasteiger charge is 2.17. The van der Waals surface area contributed by atoms with E-state index < -0.39 is 0 Å². The summed E-state index contributed by atoms with van der Waals surface area (Å²) in [7, 11) is 3.55. The van der Waals surface area contributed by atoms with Gasteiger partial charge in [0.25, 0.3) is 0 Å². The molecule has 0 aromatic heterocycles. The second kappa shape index (κ2) is 6.64. The van der Waals surface area contributed by atoms with Crippen molar-refractivity contribution in [3.05, 3.63) is 53.1 Å². The first-order valence-electron chi connectivity index (χ1n) is 6.44. The third-order valence-electron chi connectivity index (χ3n) is 3.17. The number of benzene rings is 2. The highest BCUT2D eigenvalue weighted by molar-refractivity contribution is 6.32. The van der Waals surface area contributed by atoms with Crippen LogP contribution in [0.4, 0.5) is 0 Å². The third-order valence-corrected chi connectivity index (χ3v) is 3.48. The van der Waals surface area contributed by atoms with Crippen molar-refractivity contribution in [2.45, 2.75) is 13.0 Å². The topological polar surface area (TPSA) is 30.5 Å². The molecule has 20 heavy (non-hydrogen) atoms. The third kappa shape index (κ3) is 3.06. The normalized spacial score (nSPS) is 12.0. The Morgan fingerprint density at radius 3 is 2.30 bits per heavy atom. The van der Waals surface area contributed by atoms with Crippen molar-refractivity contribution in [2.75, 3.05) is 14.2 Å². The fourth-order valence-electron chi connectivity index (χ4n) is 2.01. The minimum absolute atomic E-state index is 0.101. The van der Waals surface area contributed by atoms with Gasteiger partial charge in [-0.15, -0.1) is 0 Å². The summed E-state index contributed by atoms with van der Waals surface area (Å²) in [5.41, 5.74) is 0.970. The molecule has 1 N–H and O–H groups in total. The van der Waals surface area contributed by atoms with Crippen LogP contribution in [0.2, 0.25) is 5.02 Å². The monoisotopic (exact) mass is 291 g/mol. The van der Waals surface area contributed by atoms with E-state index in [4.69, 9.17) is 21.1 Å². The van der Waals surface area contributed by atoms with Gasteiger partial charge in [0, 0.05) is 6.04 Å². The Morgan fingerprint density at radius 2 is 1.65 bits per heavy atom. The van der Waals surface area contributed by atoms with E-state index in [0.717, 1.165) is 17.1 Å². The molecule has 0 aliphatic heterocycles. The number of rotatable bonds is 5. The Labute approximate surface area is 124 Å². The van der Waals surface area contributed by atoms with Crippen LogP contribution >= 0.6 is 11.6 Å². The molecule has 1 atom stereocenters. The van der Waals surface area contributed by atoms with Crippen molar-refractivity contribution in [3.8, 4) is 17.2 Å². The molecule has 0 aliphatic rings. The van der Waals surface area contributed by atoms with E-state index in [1.807, 2.05) is 43.4 Å². The van der Waals surface area contributed by atoms with Crippen LogP contribution in [0, 0.1) is 0 Å². The van der Waals surface area contributed by atoms with E-state index in [2.05, 4.69) is 12.2 Å². The Bertz CT molecular complexity index is 586. The quantitative estimate of drug-likeness (QED) is 0.884. The molecule has 0 aliphatic carbocycles. The van der Waals surface area contributed by atoms with Gasteiger partial charge in [-0.25, -0.2) is 0 Å². The maximum Gasteiger partial charge on any atom is 0.146 e. The lowest BCUT2D eigenvalue weighted by atomic mass is 10.1. The van der Waals surface area contributed by atoms with Crippen molar-refractivity contribution in [2.24, 2.45) is 0 Å². The molecule has 0 radical (unpaired) electrons. The summed E-state index contributed by atoms with van der Waals surface area (Å²) in [4.78, 5) is 0. The Hall–Kier alpha value is -1.71. The van der Waals surface area contributed by atoms with Gasteiger partial charge in [-0.1, -0.05) is 29.8 Å². The second-order valence-electron chi connectivity index (χ2n) is 4.41. The average Bonchev–Trinajstić information content (AvgIpc) is 2.48. The summed E-state index contributed by atoms with van der Waals surface area (Å²) in [5.74, 6) is 2.16. The zero-order valence-corrected chi connectivity index (χ0v) is 12.6. The SMILES string of the molecule is CNC(C)c1c(OC)cccc1Oc1ccccc1Cl. The van der Waals surface area contributed by atoms with Gasteiger partial charge >= 0.3 is 0 Å². The van der Waals surface area contributed by atoms with Crippen molar-refractivity contribution in [1.29, 1.82) is 0 Å². The molecular weight excluding hydrogens is 274 g/mol. The summed E-state index contributed by atoms with van der Waals surface area (Å²) >= 11 is 6.14. The number of para-hydroxylation sites is 1. The van der Waals surface area contributed by atoms with Crippen LogP contribution < -0.4 is 14.8 Å². The van der Waals surface area contributed by atoms with E-state index in [-0.39, 0.29) is 6.04 Å². The molecule has 2 rings (SSSR count). The number of methoxy groups -OCH3 is 1. The highest BCUT2D eigenvalue weighted by Crippen LogP contribution is 2.38. The molecule has 4 heteroatoms. The first-order chi connectivity index (χ1) is 9.67. The summed E-state index contributed by atoms with van der Waals surface area (Å²) in [6, 6.07) is 13.2. The van der Waals surface area contributed by atoms with Crippen molar-refractivity contribution >= 4 is 11.6 Å². The summed E-state index contributed by atoms with van der Waals surface area (Å²) < 4.78 is 11.4. The molecule has 1 unspecified atom stereocenters. The summed E-state index contributed by atoms with van der Waals surface area (Å²) in [5, 5.41) is 3.79. The van der Waals surface area contributed by atoms with Crippen molar-refractivity contribution < 1.29 is 9.47 Å². The van der Waals surface area contributed by atoms with Crippen LogP contribution in [0.1, 0.15) is 18.5 Å². The fraction of sp³-hybridized carbons (Fsp3) is 0.250. The molecule has 0 bridgehead atoms. The standard InChI is InChI=1S/C16H18ClNO2/c1-11(18-2)16-14(19-3)9-6-10-15(16)20-13-8-5-4-7-12(13)17/h4-11,18H,1-3H3. The Kier molecular flexibility index (Phi) is 4.88. The Balaban J connectivity index is 2.43.